The SMILES string of the molecule is CCSCC[C@@H](N)C(O)C(=O)NNC(=O)c1cccc(Br)c1. The molecular formula is C14H20BrN3O3S. The molecule has 1 unspecified atom stereocenters. The zero-order valence-corrected chi connectivity index (χ0v) is 14.6. The van der Waals surface area contributed by atoms with E-state index in [9.17, 15) is 14.7 Å². The molecule has 0 aromatic heterocycles. The molecule has 0 bridgehead atoms. The molecule has 0 aliphatic heterocycles. The third-order valence-corrected chi connectivity index (χ3v) is 4.29. The number of hydrogen-bond acceptors (Lipinski definition) is 5. The summed E-state index contributed by atoms with van der Waals surface area (Å²) in [5.74, 6) is 0.527. The van der Waals surface area contributed by atoms with Crippen LogP contribution in [-0.2, 0) is 4.79 Å². The number of hydrogen-bond donors (Lipinski definition) is 4. The molecule has 0 radical (unpaired) electrons. The second-order valence-corrected chi connectivity index (χ2v) is 6.86. The van der Waals surface area contributed by atoms with Crippen LogP contribution in [0.5, 0.6) is 0 Å². The molecule has 8 heteroatoms. The Morgan fingerprint density at radius 3 is 2.77 bits per heavy atom. The van der Waals surface area contributed by atoms with Gasteiger partial charge in [-0.2, -0.15) is 11.8 Å². The van der Waals surface area contributed by atoms with Gasteiger partial charge in [0.15, 0.2) is 0 Å². The number of benzene rings is 1. The molecule has 0 saturated heterocycles. The molecule has 1 rings (SSSR count). The normalized spacial score (nSPS) is 13.3. The van der Waals surface area contributed by atoms with Crippen molar-refractivity contribution in [3.05, 3.63) is 34.3 Å². The Labute approximate surface area is 142 Å². The van der Waals surface area contributed by atoms with Crippen LogP contribution in [0.4, 0.5) is 0 Å². The number of amides is 2. The topological polar surface area (TPSA) is 104 Å². The van der Waals surface area contributed by atoms with E-state index in [1.54, 1.807) is 36.0 Å². The molecule has 0 aliphatic carbocycles. The molecule has 6 nitrogen and oxygen atoms in total. The molecule has 1 aromatic rings. The fourth-order valence-electron chi connectivity index (χ4n) is 1.61. The van der Waals surface area contributed by atoms with Gasteiger partial charge in [0.2, 0.25) is 0 Å². The van der Waals surface area contributed by atoms with Gasteiger partial charge in [0.1, 0.15) is 6.10 Å². The van der Waals surface area contributed by atoms with E-state index in [2.05, 4.69) is 26.8 Å². The minimum atomic E-state index is -1.36. The monoisotopic (exact) mass is 389 g/mol. The summed E-state index contributed by atoms with van der Waals surface area (Å²) in [5, 5.41) is 9.81. The van der Waals surface area contributed by atoms with Crippen LogP contribution in [0.25, 0.3) is 0 Å². The van der Waals surface area contributed by atoms with Crippen LogP contribution in [0, 0.1) is 0 Å². The van der Waals surface area contributed by atoms with Gasteiger partial charge in [-0.15, -0.1) is 0 Å². The fraction of sp³-hybridized carbons (Fsp3) is 0.429. The standard InChI is InChI=1S/C14H20BrN3O3S/c1-2-22-7-6-11(16)12(19)14(21)18-17-13(20)9-4-3-5-10(15)8-9/h3-5,8,11-12,19H,2,6-7,16H2,1H3,(H,17,20)(H,18,21)/t11-,12?/m1/s1. The van der Waals surface area contributed by atoms with Crippen molar-refractivity contribution in [2.75, 3.05) is 11.5 Å². The van der Waals surface area contributed by atoms with E-state index in [-0.39, 0.29) is 0 Å². The summed E-state index contributed by atoms with van der Waals surface area (Å²) in [6.07, 6.45) is -0.840. The lowest BCUT2D eigenvalue weighted by Crippen LogP contribution is -2.52. The number of aliphatic hydroxyl groups is 1. The number of aliphatic hydroxyl groups excluding tert-OH is 1. The molecule has 0 aliphatic rings. The Morgan fingerprint density at radius 2 is 2.14 bits per heavy atom. The average molecular weight is 390 g/mol. The fourth-order valence-corrected chi connectivity index (χ4v) is 2.74. The number of nitrogens with one attached hydrogen (secondary N) is 2. The van der Waals surface area contributed by atoms with Crippen LogP contribution < -0.4 is 16.6 Å². The molecule has 2 amide bonds. The predicted molar refractivity (Wildman–Crippen MR) is 91.3 cm³/mol. The third-order valence-electron chi connectivity index (χ3n) is 2.86. The van der Waals surface area contributed by atoms with Crippen LogP contribution >= 0.6 is 27.7 Å². The summed E-state index contributed by atoms with van der Waals surface area (Å²) >= 11 is 4.94. The van der Waals surface area contributed by atoms with E-state index < -0.39 is 24.0 Å². The first-order valence-corrected chi connectivity index (χ1v) is 8.77. The first-order valence-electron chi connectivity index (χ1n) is 6.82. The van der Waals surface area contributed by atoms with E-state index in [1.807, 2.05) is 6.92 Å². The zero-order chi connectivity index (χ0) is 16.5. The van der Waals surface area contributed by atoms with Gasteiger partial charge < -0.3 is 10.8 Å². The van der Waals surface area contributed by atoms with Gasteiger partial charge >= 0.3 is 0 Å². The van der Waals surface area contributed by atoms with Crippen molar-refractivity contribution in [3.8, 4) is 0 Å². The van der Waals surface area contributed by atoms with Gasteiger partial charge in [-0.1, -0.05) is 28.9 Å². The second kappa shape index (κ2) is 9.83. The van der Waals surface area contributed by atoms with E-state index in [0.717, 1.165) is 16.0 Å². The quantitative estimate of drug-likeness (QED) is 0.412. The number of nitrogens with two attached hydrogens (primary N) is 1. The Bertz CT molecular complexity index is 516. The van der Waals surface area contributed by atoms with Crippen LogP contribution in [0.3, 0.4) is 0 Å². The Kier molecular flexibility index (Phi) is 8.47. The number of carbonyl (C=O) groups is 2. The lowest BCUT2D eigenvalue weighted by atomic mass is 10.1. The Balaban J connectivity index is 2.42. The van der Waals surface area contributed by atoms with Gasteiger partial charge in [0.05, 0.1) is 0 Å². The maximum absolute atomic E-state index is 11.8. The molecule has 5 N–H and O–H groups in total. The number of rotatable bonds is 7. The van der Waals surface area contributed by atoms with Gasteiger partial charge in [-0.25, -0.2) is 0 Å². The molecule has 122 valence electrons. The summed E-state index contributed by atoms with van der Waals surface area (Å²) in [5.41, 5.74) is 10.6. The summed E-state index contributed by atoms with van der Waals surface area (Å²) in [6, 6.07) is 6.05. The molecule has 0 saturated carbocycles. The molecule has 0 heterocycles. The Morgan fingerprint density at radius 1 is 1.41 bits per heavy atom. The van der Waals surface area contributed by atoms with Gasteiger partial charge in [-0.3, -0.25) is 20.4 Å². The lowest BCUT2D eigenvalue weighted by Gasteiger charge is -2.18. The minimum Gasteiger partial charge on any atom is -0.382 e. The molecule has 0 spiro atoms. The summed E-state index contributed by atoms with van der Waals surface area (Å²) in [6.45, 7) is 2.02. The van der Waals surface area contributed by atoms with Gasteiger partial charge in [0, 0.05) is 16.1 Å². The van der Waals surface area contributed by atoms with Crippen LogP contribution in [0.1, 0.15) is 23.7 Å². The molecule has 1 aromatic carbocycles. The molecule has 2 atom stereocenters. The number of hydrazine groups is 1. The third kappa shape index (κ3) is 6.35. The summed E-state index contributed by atoms with van der Waals surface area (Å²) < 4.78 is 0.752. The highest BCUT2D eigenvalue weighted by Gasteiger charge is 2.23. The minimum absolute atomic E-state index is 0.382. The maximum atomic E-state index is 11.8. The molecule has 0 fully saturated rings. The van der Waals surface area contributed by atoms with E-state index in [0.29, 0.717) is 12.0 Å². The first-order chi connectivity index (χ1) is 10.5. The number of thioether (sulfide) groups is 1. The zero-order valence-electron chi connectivity index (χ0n) is 12.2. The van der Waals surface area contributed by atoms with Crippen molar-refractivity contribution in [3.63, 3.8) is 0 Å². The number of carbonyl (C=O) groups excluding carboxylic acids is 2. The lowest BCUT2D eigenvalue weighted by molar-refractivity contribution is -0.131. The van der Waals surface area contributed by atoms with Crippen molar-refractivity contribution in [2.24, 2.45) is 5.73 Å². The maximum Gasteiger partial charge on any atom is 0.269 e. The smallest absolute Gasteiger partial charge is 0.269 e. The van der Waals surface area contributed by atoms with Crippen LogP contribution in [0.15, 0.2) is 28.7 Å². The summed E-state index contributed by atoms with van der Waals surface area (Å²) in [7, 11) is 0. The number of halogens is 1. The van der Waals surface area contributed by atoms with E-state index >= 15 is 0 Å². The molecular weight excluding hydrogens is 370 g/mol. The van der Waals surface area contributed by atoms with Crippen molar-refractivity contribution < 1.29 is 14.7 Å². The second-order valence-electron chi connectivity index (χ2n) is 4.55. The highest BCUT2D eigenvalue weighted by molar-refractivity contribution is 9.10. The van der Waals surface area contributed by atoms with Crippen molar-refractivity contribution in [2.45, 2.75) is 25.5 Å². The Hall–Kier alpha value is -1.09. The highest BCUT2D eigenvalue weighted by atomic mass is 79.9. The van der Waals surface area contributed by atoms with Crippen molar-refractivity contribution in [1.29, 1.82) is 0 Å². The van der Waals surface area contributed by atoms with Gasteiger partial charge in [0.25, 0.3) is 11.8 Å². The van der Waals surface area contributed by atoms with Crippen LogP contribution in [0.2, 0.25) is 0 Å². The predicted octanol–water partition coefficient (Wildman–Crippen LogP) is 1.04. The van der Waals surface area contributed by atoms with E-state index in [4.69, 9.17) is 5.73 Å². The van der Waals surface area contributed by atoms with Crippen LogP contribution in [-0.4, -0.2) is 40.6 Å². The summed E-state index contributed by atoms with van der Waals surface area (Å²) in [4.78, 5) is 23.6. The average Bonchev–Trinajstić information content (AvgIpc) is 2.51. The van der Waals surface area contributed by atoms with Gasteiger partial charge in [-0.05, 0) is 36.1 Å². The first kappa shape index (κ1) is 19.0. The van der Waals surface area contributed by atoms with Crippen molar-refractivity contribution in [1.82, 2.24) is 10.9 Å². The molecule has 22 heavy (non-hydrogen) atoms. The highest BCUT2D eigenvalue weighted by Crippen LogP contribution is 2.11. The van der Waals surface area contributed by atoms with Crippen molar-refractivity contribution >= 4 is 39.5 Å². The largest absolute Gasteiger partial charge is 0.382 e. The van der Waals surface area contributed by atoms with E-state index in [1.165, 1.54) is 0 Å².